The Labute approximate surface area is 199 Å². The van der Waals surface area contributed by atoms with Crippen molar-refractivity contribution in [2.24, 2.45) is 0 Å². The fraction of sp³-hybridized carbons (Fsp3) is 0.0870. The first kappa shape index (κ1) is 21.3. The van der Waals surface area contributed by atoms with Crippen LogP contribution >= 0.6 is 34.5 Å². The van der Waals surface area contributed by atoms with Gasteiger partial charge in [-0.1, -0.05) is 53.5 Å². The highest BCUT2D eigenvalue weighted by Crippen LogP contribution is 2.49. The fourth-order valence-corrected chi connectivity index (χ4v) is 7.02. The summed E-state index contributed by atoms with van der Waals surface area (Å²) >= 11 is 13.5. The van der Waals surface area contributed by atoms with Crippen LogP contribution in [0.2, 0.25) is 10.0 Å². The lowest BCUT2D eigenvalue weighted by Gasteiger charge is -2.29. The average molecular weight is 503 g/mol. The number of anilines is 1. The lowest BCUT2D eigenvalue weighted by atomic mass is 9.94. The van der Waals surface area contributed by atoms with Crippen molar-refractivity contribution in [2.75, 3.05) is 4.31 Å². The molecule has 9 heteroatoms. The summed E-state index contributed by atoms with van der Waals surface area (Å²) in [6.45, 7) is 0. The lowest BCUT2D eigenvalue weighted by molar-refractivity contribution is 0.530. The molecule has 0 aliphatic carbocycles. The van der Waals surface area contributed by atoms with Crippen molar-refractivity contribution in [3.05, 3.63) is 115 Å². The van der Waals surface area contributed by atoms with Crippen molar-refractivity contribution in [3.8, 4) is 0 Å². The summed E-state index contributed by atoms with van der Waals surface area (Å²) in [6, 6.07) is 19.1. The van der Waals surface area contributed by atoms with Gasteiger partial charge in [-0.05, 0) is 52.9 Å². The van der Waals surface area contributed by atoms with Crippen molar-refractivity contribution >= 4 is 50.4 Å². The maximum Gasteiger partial charge on any atom is 0.266 e. The van der Waals surface area contributed by atoms with E-state index in [0.717, 1.165) is 11.1 Å². The van der Waals surface area contributed by atoms with Gasteiger partial charge in [0.1, 0.15) is 5.82 Å². The molecule has 5 nitrogen and oxygen atoms in total. The van der Waals surface area contributed by atoms with E-state index < -0.39 is 22.1 Å². The van der Waals surface area contributed by atoms with Gasteiger partial charge < -0.3 is 0 Å². The van der Waals surface area contributed by atoms with Crippen LogP contribution in [-0.2, 0) is 10.0 Å². The van der Waals surface area contributed by atoms with Crippen LogP contribution in [0.25, 0.3) is 0 Å². The highest BCUT2D eigenvalue weighted by Gasteiger charge is 2.47. The Hall–Kier alpha value is -2.58. The molecule has 0 fully saturated rings. The molecular weight excluding hydrogens is 487 g/mol. The molecule has 0 saturated heterocycles. The molecule has 0 radical (unpaired) electrons. The first-order chi connectivity index (χ1) is 15.4. The first-order valence-corrected chi connectivity index (χ1v) is 12.8. The number of aromatic nitrogens is 1. The number of sulfonamides is 1. The summed E-state index contributed by atoms with van der Waals surface area (Å²) in [5, 5.41) is 4.40. The van der Waals surface area contributed by atoms with Crippen LogP contribution in [0, 0.1) is 0 Å². The molecule has 5 rings (SSSR count). The van der Waals surface area contributed by atoms with Gasteiger partial charge in [0.2, 0.25) is 0 Å². The molecule has 2 aromatic heterocycles. The van der Waals surface area contributed by atoms with Crippen molar-refractivity contribution < 1.29 is 8.42 Å². The van der Waals surface area contributed by atoms with E-state index in [0.29, 0.717) is 15.9 Å². The summed E-state index contributed by atoms with van der Waals surface area (Å²) in [5.74, 6) is 0.309. The second kappa shape index (κ2) is 8.08. The summed E-state index contributed by atoms with van der Waals surface area (Å²) in [7, 11) is -3.96. The molecule has 0 unspecified atom stereocenters. The molecule has 32 heavy (non-hydrogen) atoms. The third kappa shape index (κ3) is 3.46. The lowest BCUT2D eigenvalue weighted by Crippen LogP contribution is -2.33. The summed E-state index contributed by atoms with van der Waals surface area (Å²) in [6.07, 6.45) is 0. The monoisotopic (exact) mass is 502 g/mol. The van der Waals surface area contributed by atoms with E-state index in [1.54, 1.807) is 65.4 Å². The van der Waals surface area contributed by atoms with E-state index in [9.17, 15) is 13.2 Å². The van der Waals surface area contributed by atoms with Gasteiger partial charge in [0.15, 0.2) is 0 Å². The number of halogens is 2. The summed E-state index contributed by atoms with van der Waals surface area (Å²) in [4.78, 5) is 13.2. The van der Waals surface area contributed by atoms with E-state index in [2.05, 4.69) is 0 Å². The van der Waals surface area contributed by atoms with E-state index in [4.69, 9.17) is 23.2 Å². The number of hydrogen-bond donors (Lipinski definition) is 0. The number of pyridine rings is 1. The van der Waals surface area contributed by atoms with E-state index in [-0.39, 0.29) is 10.5 Å². The third-order valence-electron chi connectivity index (χ3n) is 5.50. The van der Waals surface area contributed by atoms with Gasteiger partial charge in [-0.25, -0.2) is 12.7 Å². The summed E-state index contributed by atoms with van der Waals surface area (Å²) < 4.78 is 30.5. The Morgan fingerprint density at radius 2 is 1.38 bits per heavy atom. The fourth-order valence-electron chi connectivity index (χ4n) is 4.12. The zero-order valence-corrected chi connectivity index (χ0v) is 19.6. The zero-order chi connectivity index (χ0) is 22.5. The average Bonchev–Trinajstić information content (AvgIpc) is 3.43. The SMILES string of the molecule is O=c1cccc2n1[C@H](c1ccc(Cl)cc1)[C@H](c1ccc(Cl)cc1)N2S(=O)(=O)c1ccsc1. The third-order valence-corrected chi connectivity index (χ3v) is 8.62. The number of thiophene rings is 1. The molecule has 2 atom stereocenters. The van der Waals surface area contributed by atoms with Gasteiger partial charge >= 0.3 is 0 Å². The van der Waals surface area contributed by atoms with Crippen LogP contribution in [0.5, 0.6) is 0 Å². The van der Waals surface area contributed by atoms with Gasteiger partial charge in [0, 0.05) is 21.5 Å². The van der Waals surface area contributed by atoms with Gasteiger partial charge in [0.05, 0.1) is 17.0 Å². The Bertz CT molecular complexity index is 1430. The largest absolute Gasteiger partial charge is 0.284 e. The van der Waals surface area contributed by atoms with Crippen LogP contribution in [0.4, 0.5) is 5.82 Å². The van der Waals surface area contributed by atoms with Gasteiger partial charge in [-0.3, -0.25) is 9.36 Å². The van der Waals surface area contributed by atoms with E-state index >= 15 is 0 Å². The molecule has 0 saturated carbocycles. The maximum atomic E-state index is 13.8. The molecule has 2 aromatic carbocycles. The van der Waals surface area contributed by atoms with Crippen molar-refractivity contribution in [2.45, 2.75) is 17.0 Å². The number of hydrogen-bond acceptors (Lipinski definition) is 4. The highest BCUT2D eigenvalue weighted by atomic mass is 35.5. The van der Waals surface area contributed by atoms with Gasteiger partial charge in [-0.2, -0.15) is 11.3 Å². The Morgan fingerprint density at radius 3 is 1.94 bits per heavy atom. The standard InChI is InChI=1S/C23H16Cl2N2O3S2/c24-17-8-4-15(5-9-17)22-23(16-6-10-18(25)11-7-16)27(20-2-1-3-21(28)26(20)22)32(29,30)19-12-13-31-14-19/h1-14,22-23H/t22-,23+/m1/s1. The molecule has 162 valence electrons. The molecule has 0 N–H and O–H groups in total. The van der Waals surface area contributed by atoms with Crippen molar-refractivity contribution in [1.82, 2.24) is 4.57 Å². The molecule has 4 aromatic rings. The summed E-state index contributed by atoms with van der Waals surface area (Å²) in [5.41, 5.74) is 1.20. The quantitative estimate of drug-likeness (QED) is 0.356. The molecule has 0 bridgehead atoms. The molecule has 0 spiro atoms. The predicted molar refractivity (Wildman–Crippen MR) is 128 cm³/mol. The minimum absolute atomic E-state index is 0.182. The number of benzene rings is 2. The van der Waals surface area contributed by atoms with Crippen LogP contribution < -0.4 is 9.86 Å². The van der Waals surface area contributed by atoms with Gasteiger partial charge in [-0.15, -0.1) is 0 Å². The highest BCUT2D eigenvalue weighted by molar-refractivity contribution is 7.93. The topological polar surface area (TPSA) is 59.4 Å². The molecule has 1 aliphatic heterocycles. The Morgan fingerprint density at radius 1 is 0.781 bits per heavy atom. The zero-order valence-electron chi connectivity index (χ0n) is 16.4. The number of rotatable bonds is 4. The predicted octanol–water partition coefficient (Wildman–Crippen LogP) is 5.76. The molecule has 3 heterocycles. The second-order valence-electron chi connectivity index (χ2n) is 7.34. The van der Waals surface area contributed by atoms with Crippen molar-refractivity contribution in [1.29, 1.82) is 0 Å². The van der Waals surface area contributed by atoms with Crippen LogP contribution in [0.15, 0.2) is 93.2 Å². The van der Waals surface area contributed by atoms with Crippen LogP contribution in [0.1, 0.15) is 23.2 Å². The normalized spacial score (nSPS) is 18.0. The minimum atomic E-state index is -3.96. The van der Waals surface area contributed by atoms with Crippen molar-refractivity contribution in [3.63, 3.8) is 0 Å². The number of fused-ring (bicyclic) bond motifs is 1. The van der Waals surface area contributed by atoms with Crippen LogP contribution in [0.3, 0.4) is 0 Å². The molecule has 0 amide bonds. The Kier molecular flexibility index (Phi) is 5.37. The van der Waals surface area contributed by atoms with E-state index in [1.807, 2.05) is 12.1 Å². The van der Waals surface area contributed by atoms with Crippen LogP contribution in [-0.4, -0.2) is 13.0 Å². The first-order valence-electron chi connectivity index (χ1n) is 9.67. The Balaban J connectivity index is 1.82. The van der Waals surface area contributed by atoms with E-state index in [1.165, 1.54) is 26.3 Å². The molecule has 1 aliphatic rings. The maximum absolute atomic E-state index is 13.8. The number of nitrogens with zero attached hydrogens (tertiary/aromatic N) is 2. The van der Waals surface area contributed by atoms with Gasteiger partial charge in [0.25, 0.3) is 15.6 Å². The minimum Gasteiger partial charge on any atom is -0.284 e. The molecular formula is C23H16Cl2N2O3S2. The second-order valence-corrected chi connectivity index (χ2v) is 10.8. The smallest absolute Gasteiger partial charge is 0.266 e.